The van der Waals surface area contributed by atoms with Gasteiger partial charge in [0.2, 0.25) is 0 Å². The van der Waals surface area contributed by atoms with E-state index in [9.17, 15) is 0 Å². The van der Waals surface area contributed by atoms with Crippen LogP contribution in [0.25, 0.3) is 22.0 Å². The van der Waals surface area contributed by atoms with Crippen molar-refractivity contribution >= 4 is 16.5 Å². The van der Waals surface area contributed by atoms with E-state index < -0.39 is 0 Å². The van der Waals surface area contributed by atoms with Crippen molar-refractivity contribution in [2.75, 3.05) is 18.0 Å². The zero-order valence-corrected chi connectivity index (χ0v) is 16.1. The number of aryl methyl sites for hydroxylation is 2. The van der Waals surface area contributed by atoms with Gasteiger partial charge in [-0.1, -0.05) is 49.4 Å². The normalized spacial score (nSPS) is 14.0. The van der Waals surface area contributed by atoms with Gasteiger partial charge in [-0.2, -0.15) is 0 Å². The van der Waals surface area contributed by atoms with Crippen LogP contribution in [0, 0.1) is 19.8 Å². The molecule has 4 rings (SSSR count). The van der Waals surface area contributed by atoms with E-state index in [4.69, 9.17) is 4.98 Å². The Balaban J connectivity index is 1.88. The molecule has 0 spiro atoms. The summed E-state index contributed by atoms with van der Waals surface area (Å²) in [6.45, 7) is 8.90. The highest BCUT2D eigenvalue weighted by Gasteiger charge is 2.25. The first-order valence-corrected chi connectivity index (χ1v) is 9.88. The highest BCUT2D eigenvalue weighted by atomic mass is 15.1. The number of benzene rings is 2. The molecule has 1 aromatic heterocycles. The first-order valence-electron chi connectivity index (χ1n) is 9.88. The topological polar surface area (TPSA) is 16.1 Å². The van der Waals surface area contributed by atoms with Gasteiger partial charge in [0.05, 0.1) is 17.6 Å². The van der Waals surface area contributed by atoms with E-state index in [1.807, 2.05) is 0 Å². The molecule has 0 atom stereocenters. The smallest absolute Gasteiger partial charge is 0.0787 e. The third-order valence-electron chi connectivity index (χ3n) is 5.50. The lowest BCUT2D eigenvalue weighted by Crippen LogP contribution is -2.26. The summed E-state index contributed by atoms with van der Waals surface area (Å²) in [4.78, 5) is 7.54. The number of fused-ring (bicyclic) bond motifs is 1. The highest BCUT2D eigenvalue weighted by molar-refractivity contribution is 6.02. The number of pyridine rings is 1. The number of hydrogen-bond donors (Lipinski definition) is 0. The second-order valence-corrected chi connectivity index (χ2v) is 7.69. The minimum Gasteiger partial charge on any atom is -0.370 e. The summed E-state index contributed by atoms with van der Waals surface area (Å²) in [7, 11) is 0. The lowest BCUT2D eigenvalue weighted by atomic mass is 9.95. The van der Waals surface area contributed by atoms with Crippen molar-refractivity contribution in [2.24, 2.45) is 5.92 Å². The average Bonchev–Trinajstić information content (AvgIpc) is 3.45. The van der Waals surface area contributed by atoms with Crippen LogP contribution < -0.4 is 4.90 Å². The van der Waals surface area contributed by atoms with Gasteiger partial charge in [0.15, 0.2) is 0 Å². The molecule has 26 heavy (non-hydrogen) atoms. The first kappa shape index (κ1) is 17.1. The summed E-state index contributed by atoms with van der Waals surface area (Å²) >= 11 is 0. The van der Waals surface area contributed by atoms with Crippen molar-refractivity contribution in [1.82, 2.24) is 4.98 Å². The van der Waals surface area contributed by atoms with E-state index >= 15 is 0 Å². The van der Waals surface area contributed by atoms with Gasteiger partial charge in [0, 0.05) is 29.4 Å². The van der Waals surface area contributed by atoms with Crippen molar-refractivity contribution in [1.29, 1.82) is 0 Å². The summed E-state index contributed by atoms with van der Waals surface area (Å²) in [5.74, 6) is 0.874. The molecule has 3 aromatic rings. The van der Waals surface area contributed by atoms with E-state index in [-0.39, 0.29) is 0 Å². The molecule has 0 unspecified atom stereocenters. The lowest BCUT2D eigenvalue weighted by molar-refractivity contribution is 0.709. The molecule has 2 heteroatoms. The maximum absolute atomic E-state index is 4.99. The molecular formula is C24H28N2. The van der Waals surface area contributed by atoms with E-state index in [2.05, 4.69) is 74.3 Å². The molecule has 2 nitrogen and oxygen atoms in total. The van der Waals surface area contributed by atoms with E-state index in [0.29, 0.717) is 0 Å². The molecule has 0 bridgehead atoms. The Kier molecular flexibility index (Phi) is 4.67. The van der Waals surface area contributed by atoms with E-state index in [1.54, 1.807) is 0 Å². The van der Waals surface area contributed by atoms with Crippen LogP contribution in [0.15, 0.2) is 48.7 Å². The maximum atomic E-state index is 4.99. The Morgan fingerprint density at radius 1 is 0.962 bits per heavy atom. The number of hydrogen-bond acceptors (Lipinski definition) is 2. The monoisotopic (exact) mass is 344 g/mol. The molecule has 1 saturated carbocycles. The molecule has 2 aromatic carbocycles. The number of aromatic nitrogens is 1. The fourth-order valence-corrected chi connectivity index (χ4v) is 4.01. The lowest BCUT2D eigenvalue weighted by Gasteiger charge is -2.26. The second kappa shape index (κ2) is 7.11. The number of rotatable bonds is 6. The highest BCUT2D eigenvalue weighted by Crippen LogP contribution is 2.38. The van der Waals surface area contributed by atoms with E-state index in [0.717, 1.165) is 18.2 Å². The minimum absolute atomic E-state index is 0.874. The molecule has 0 saturated heterocycles. The van der Waals surface area contributed by atoms with Gasteiger partial charge >= 0.3 is 0 Å². The van der Waals surface area contributed by atoms with Gasteiger partial charge in [-0.05, 0) is 50.2 Å². The van der Waals surface area contributed by atoms with Crippen molar-refractivity contribution in [3.8, 4) is 11.3 Å². The van der Waals surface area contributed by atoms with Gasteiger partial charge in [-0.3, -0.25) is 4.98 Å². The van der Waals surface area contributed by atoms with Crippen molar-refractivity contribution in [3.05, 3.63) is 59.8 Å². The van der Waals surface area contributed by atoms with Crippen molar-refractivity contribution in [3.63, 3.8) is 0 Å². The number of anilines is 1. The van der Waals surface area contributed by atoms with Gasteiger partial charge < -0.3 is 4.90 Å². The van der Waals surface area contributed by atoms with Crippen LogP contribution in [0.3, 0.4) is 0 Å². The van der Waals surface area contributed by atoms with Crippen molar-refractivity contribution in [2.45, 2.75) is 40.0 Å². The van der Waals surface area contributed by atoms with Gasteiger partial charge in [0.1, 0.15) is 0 Å². The van der Waals surface area contributed by atoms with Crippen LogP contribution in [0.2, 0.25) is 0 Å². The SMILES string of the molecule is CCCN(CC1CC1)c1cnc(-c2c(C)cccc2C)c2ccccc12. The zero-order chi connectivity index (χ0) is 18.1. The molecule has 1 heterocycles. The maximum Gasteiger partial charge on any atom is 0.0787 e. The van der Waals surface area contributed by atoms with Gasteiger partial charge in [-0.25, -0.2) is 0 Å². The Labute approximate surface area is 156 Å². The Morgan fingerprint density at radius 2 is 1.65 bits per heavy atom. The fraction of sp³-hybridized carbons (Fsp3) is 0.375. The quantitative estimate of drug-likeness (QED) is 0.533. The number of nitrogens with zero attached hydrogens (tertiary/aromatic N) is 2. The van der Waals surface area contributed by atoms with Crippen LogP contribution in [-0.4, -0.2) is 18.1 Å². The van der Waals surface area contributed by atoms with Crippen LogP contribution in [0.1, 0.15) is 37.3 Å². The molecule has 0 aliphatic heterocycles. The van der Waals surface area contributed by atoms with Crippen LogP contribution in [-0.2, 0) is 0 Å². The Hall–Kier alpha value is -2.35. The molecule has 0 radical (unpaired) electrons. The Morgan fingerprint density at radius 3 is 2.31 bits per heavy atom. The predicted octanol–water partition coefficient (Wildman–Crippen LogP) is 6.15. The summed E-state index contributed by atoms with van der Waals surface area (Å²) in [5, 5.41) is 2.59. The third kappa shape index (κ3) is 3.21. The predicted molar refractivity (Wildman–Crippen MR) is 112 cm³/mol. The Bertz CT molecular complexity index is 904. The molecule has 0 amide bonds. The summed E-state index contributed by atoms with van der Waals surface area (Å²) in [6.07, 6.45) is 6.04. The minimum atomic E-state index is 0.874. The average molecular weight is 345 g/mol. The van der Waals surface area contributed by atoms with Crippen LogP contribution >= 0.6 is 0 Å². The first-order chi connectivity index (χ1) is 12.7. The second-order valence-electron chi connectivity index (χ2n) is 7.69. The molecule has 0 N–H and O–H groups in total. The standard InChI is InChI=1S/C24H28N2/c1-4-14-26(16-19-12-13-19)22-15-25-24(21-11-6-5-10-20(21)22)23-17(2)8-7-9-18(23)3/h5-11,15,19H,4,12-14,16H2,1-3H3. The molecular weight excluding hydrogens is 316 g/mol. The zero-order valence-electron chi connectivity index (χ0n) is 16.1. The fourth-order valence-electron chi connectivity index (χ4n) is 4.01. The van der Waals surface area contributed by atoms with Crippen LogP contribution in [0.4, 0.5) is 5.69 Å². The summed E-state index contributed by atoms with van der Waals surface area (Å²) in [5.41, 5.74) is 6.27. The summed E-state index contributed by atoms with van der Waals surface area (Å²) in [6, 6.07) is 15.3. The third-order valence-corrected chi connectivity index (χ3v) is 5.50. The molecule has 134 valence electrons. The van der Waals surface area contributed by atoms with Crippen molar-refractivity contribution < 1.29 is 0 Å². The van der Waals surface area contributed by atoms with E-state index in [1.165, 1.54) is 59.0 Å². The molecule has 1 aliphatic rings. The molecule has 1 fully saturated rings. The largest absolute Gasteiger partial charge is 0.370 e. The summed E-state index contributed by atoms with van der Waals surface area (Å²) < 4.78 is 0. The molecule has 1 aliphatic carbocycles. The van der Waals surface area contributed by atoms with Crippen LogP contribution in [0.5, 0.6) is 0 Å². The van der Waals surface area contributed by atoms with Gasteiger partial charge in [0.25, 0.3) is 0 Å². The van der Waals surface area contributed by atoms with Gasteiger partial charge in [-0.15, -0.1) is 0 Å².